The monoisotopic (exact) mass is 199 g/mol. The van der Waals surface area contributed by atoms with Crippen LogP contribution in [0.1, 0.15) is 0 Å². The van der Waals surface area contributed by atoms with Crippen LogP contribution in [0.15, 0.2) is 30.7 Å². The van der Waals surface area contributed by atoms with Crippen LogP contribution in [-0.4, -0.2) is 16.8 Å². The Kier molecular flexibility index (Phi) is 1.78. The molecule has 4 nitrogen and oxygen atoms in total. The first-order valence-electron chi connectivity index (χ1n) is 4.51. The average molecular weight is 199 g/mol. The van der Waals surface area contributed by atoms with Gasteiger partial charge in [0.15, 0.2) is 11.5 Å². The molecule has 0 unspecified atom stereocenters. The number of benzene rings is 1. The Balaban J connectivity index is 2.07. The molecule has 1 aliphatic heterocycles. The minimum atomic E-state index is 0.284. The van der Waals surface area contributed by atoms with E-state index in [0.29, 0.717) is 0 Å². The van der Waals surface area contributed by atoms with Crippen LogP contribution < -0.4 is 9.47 Å². The minimum Gasteiger partial charge on any atom is -0.454 e. The van der Waals surface area contributed by atoms with Crippen LogP contribution in [0.2, 0.25) is 0 Å². The zero-order valence-electron chi connectivity index (χ0n) is 7.80. The largest absolute Gasteiger partial charge is 0.454 e. The van der Waals surface area contributed by atoms with Gasteiger partial charge in [0.25, 0.3) is 0 Å². The summed E-state index contributed by atoms with van der Waals surface area (Å²) < 4.78 is 10.5. The second kappa shape index (κ2) is 3.24. The van der Waals surface area contributed by atoms with Crippen molar-refractivity contribution in [1.82, 2.24) is 9.97 Å². The van der Waals surface area contributed by atoms with Gasteiger partial charge in [0.1, 0.15) is 6.33 Å². The van der Waals surface area contributed by atoms with Gasteiger partial charge >= 0.3 is 0 Å². The third-order valence-corrected chi connectivity index (χ3v) is 2.18. The summed E-state index contributed by atoms with van der Waals surface area (Å²) in [7, 11) is 0. The maximum absolute atomic E-state index is 5.28. The van der Waals surface area contributed by atoms with Gasteiger partial charge in [-0.25, -0.2) is 9.97 Å². The lowest BCUT2D eigenvalue weighted by atomic mass is 10.1. The number of nitrogens with zero attached hydrogens (tertiary/aromatic N) is 2. The van der Waals surface area contributed by atoms with E-state index in [-0.39, 0.29) is 6.79 Å². The van der Waals surface area contributed by atoms with Crippen molar-refractivity contribution >= 4 is 0 Å². The van der Waals surface area contributed by atoms with Crippen LogP contribution >= 0.6 is 0 Å². The SMILES string of the molecule is [c]1cncnc1-c1ccc2c(c1)OCO2. The normalized spacial score (nSPS) is 12.8. The fourth-order valence-electron chi connectivity index (χ4n) is 1.46. The van der Waals surface area contributed by atoms with Crippen molar-refractivity contribution in [3.63, 3.8) is 0 Å². The van der Waals surface area contributed by atoms with E-state index in [1.807, 2.05) is 18.2 Å². The zero-order chi connectivity index (χ0) is 10.1. The molecule has 0 bridgehead atoms. The molecule has 0 saturated heterocycles. The van der Waals surface area contributed by atoms with Gasteiger partial charge in [-0.1, -0.05) is 0 Å². The van der Waals surface area contributed by atoms with E-state index in [0.717, 1.165) is 22.8 Å². The van der Waals surface area contributed by atoms with Crippen LogP contribution in [-0.2, 0) is 0 Å². The molecule has 4 heteroatoms. The van der Waals surface area contributed by atoms with E-state index in [4.69, 9.17) is 9.47 Å². The molecule has 0 saturated carbocycles. The summed E-state index contributed by atoms with van der Waals surface area (Å²) in [5.41, 5.74) is 1.70. The molecule has 0 atom stereocenters. The molecule has 2 aromatic rings. The third kappa shape index (κ3) is 1.40. The first kappa shape index (κ1) is 8.23. The highest BCUT2D eigenvalue weighted by atomic mass is 16.7. The van der Waals surface area contributed by atoms with Gasteiger partial charge in [-0.15, -0.1) is 0 Å². The molecular formula is C11H7N2O2. The minimum absolute atomic E-state index is 0.284. The highest BCUT2D eigenvalue weighted by molar-refractivity contribution is 5.63. The molecule has 73 valence electrons. The highest BCUT2D eigenvalue weighted by Crippen LogP contribution is 2.34. The second-order valence-electron chi connectivity index (χ2n) is 3.08. The number of ether oxygens (including phenoxy) is 2. The Morgan fingerprint density at radius 1 is 1.20 bits per heavy atom. The predicted octanol–water partition coefficient (Wildman–Crippen LogP) is 1.67. The van der Waals surface area contributed by atoms with Gasteiger partial charge < -0.3 is 9.47 Å². The lowest BCUT2D eigenvalue weighted by Gasteiger charge is -2.00. The van der Waals surface area contributed by atoms with Gasteiger partial charge in [0.05, 0.1) is 5.69 Å². The Hall–Kier alpha value is -2.10. The predicted molar refractivity (Wildman–Crippen MR) is 52.4 cm³/mol. The second-order valence-corrected chi connectivity index (χ2v) is 3.08. The van der Waals surface area contributed by atoms with Crippen molar-refractivity contribution in [1.29, 1.82) is 0 Å². The van der Waals surface area contributed by atoms with Crippen LogP contribution in [0.4, 0.5) is 0 Å². The summed E-state index contributed by atoms with van der Waals surface area (Å²) in [5, 5.41) is 0. The van der Waals surface area contributed by atoms with Crippen LogP contribution in [0, 0.1) is 6.07 Å². The van der Waals surface area contributed by atoms with Gasteiger partial charge in [0.2, 0.25) is 6.79 Å². The molecule has 0 amide bonds. The van der Waals surface area contributed by atoms with E-state index < -0.39 is 0 Å². The molecule has 0 N–H and O–H groups in total. The molecule has 0 fully saturated rings. The van der Waals surface area contributed by atoms with E-state index in [1.165, 1.54) is 6.33 Å². The summed E-state index contributed by atoms with van der Waals surface area (Å²) >= 11 is 0. The molecular weight excluding hydrogens is 192 g/mol. The van der Waals surface area contributed by atoms with E-state index >= 15 is 0 Å². The standard InChI is InChI=1S/C11H7N2O2/c1-2-10-11(15-7-14-10)5-8(1)9-3-4-12-6-13-9/h1-2,4-6H,7H2. The molecule has 1 aliphatic rings. The summed E-state index contributed by atoms with van der Waals surface area (Å²) in [5.74, 6) is 1.52. The van der Waals surface area contributed by atoms with Gasteiger partial charge in [-0.05, 0) is 18.2 Å². The number of fused-ring (bicyclic) bond motifs is 1. The lowest BCUT2D eigenvalue weighted by Crippen LogP contribution is -1.92. The van der Waals surface area contributed by atoms with Gasteiger partial charge in [0, 0.05) is 17.8 Å². The Labute approximate surface area is 86.5 Å². The van der Waals surface area contributed by atoms with Crippen molar-refractivity contribution in [2.45, 2.75) is 0 Å². The van der Waals surface area contributed by atoms with Crippen molar-refractivity contribution in [3.05, 3.63) is 36.8 Å². The van der Waals surface area contributed by atoms with E-state index in [9.17, 15) is 0 Å². The fraction of sp³-hybridized carbons (Fsp3) is 0.0909. The molecule has 1 aromatic heterocycles. The van der Waals surface area contributed by atoms with Crippen molar-refractivity contribution < 1.29 is 9.47 Å². The number of aromatic nitrogens is 2. The molecule has 15 heavy (non-hydrogen) atoms. The van der Waals surface area contributed by atoms with Crippen LogP contribution in [0.3, 0.4) is 0 Å². The summed E-state index contributed by atoms with van der Waals surface area (Å²) in [6, 6.07) is 8.64. The smallest absolute Gasteiger partial charge is 0.231 e. The molecule has 0 spiro atoms. The fourth-order valence-corrected chi connectivity index (χ4v) is 1.46. The van der Waals surface area contributed by atoms with Gasteiger partial charge in [-0.3, -0.25) is 0 Å². The lowest BCUT2D eigenvalue weighted by molar-refractivity contribution is 0.174. The Morgan fingerprint density at radius 2 is 2.13 bits per heavy atom. The van der Waals surface area contributed by atoms with Crippen molar-refractivity contribution in [3.8, 4) is 22.8 Å². The molecule has 1 aromatic carbocycles. The highest BCUT2D eigenvalue weighted by Gasteiger charge is 2.13. The Bertz CT molecular complexity index is 485. The maximum Gasteiger partial charge on any atom is 0.231 e. The first-order valence-corrected chi connectivity index (χ1v) is 4.51. The summed E-state index contributed by atoms with van der Waals surface area (Å²) in [4.78, 5) is 7.93. The van der Waals surface area contributed by atoms with Crippen LogP contribution in [0.5, 0.6) is 11.5 Å². The third-order valence-electron chi connectivity index (χ3n) is 2.18. The number of rotatable bonds is 1. The average Bonchev–Trinajstić information content (AvgIpc) is 2.77. The van der Waals surface area contributed by atoms with Gasteiger partial charge in [-0.2, -0.15) is 0 Å². The number of hydrogen-bond donors (Lipinski definition) is 0. The molecule has 3 rings (SSSR count). The van der Waals surface area contributed by atoms with Crippen LogP contribution in [0.25, 0.3) is 11.3 Å². The number of hydrogen-bond acceptors (Lipinski definition) is 4. The topological polar surface area (TPSA) is 44.2 Å². The van der Waals surface area contributed by atoms with E-state index in [1.54, 1.807) is 6.20 Å². The molecule has 0 aliphatic carbocycles. The van der Waals surface area contributed by atoms with E-state index in [2.05, 4.69) is 16.0 Å². The summed E-state index contributed by atoms with van der Waals surface area (Å²) in [6.45, 7) is 0.284. The zero-order valence-corrected chi connectivity index (χ0v) is 7.80. The molecule has 2 heterocycles. The molecule has 1 radical (unpaired) electrons. The Morgan fingerprint density at radius 3 is 3.00 bits per heavy atom. The van der Waals surface area contributed by atoms with Crippen molar-refractivity contribution in [2.75, 3.05) is 6.79 Å². The quantitative estimate of drug-likeness (QED) is 0.700. The van der Waals surface area contributed by atoms with Crippen molar-refractivity contribution in [2.24, 2.45) is 0 Å². The first-order chi connectivity index (χ1) is 7.43. The summed E-state index contributed by atoms with van der Waals surface area (Å²) in [6.07, 6.45) is 3.09. The maximum atomic E-state index is 5.28.